The number of amides is 2. The number of nitrogens with zero attached hydrogens (tertiary/aromatic N) is 4. The molecule has 2 amide bonds. The van der Waals surface area contributed by atoms with Crippen LogP contribution in [0.3, 0.4) is 0 Å². The van der Waals surface area contributed by atoms with Gasteiger partial charge in [0.15, 0.2) is 11.6 Å². The van der Waals surface area contributed by atoms with Crippen molar-refractivity contribution in [2.45, 2.75) is 26.8 Å². The Morgan fingerprint density at radius 1 is 1.28 bits per heavy atom. The molecule has 2 aliphatic heterocycles. The molecule has 2 aromatic rings. The van der Waals surface area contributed by atoms with E-state index in [4.69, 9.17) is 9.26 Å². The van der Waals surface area contributed by atoms with Gasteiger partial charge in [-0.05, 0) is 39.0 Å². The number of benzene rings is 1. The molecule has 1 unspecified atom stereocenters. The van der Waals surface area contributed by atoms with E-state index in [0.29, 0.717) is 44.2 Å². The number of fused-ring (bicyclic) bond motifs is 1. The molecule has 154 valence electrons. The molecule has 0 aliphatic carbocycles. The van der Waals surface area contributed by atoms with Gasteiger partial charge in [-0.2, -0.15) is 0 Å². The van der Waals surface area contributed by atoms with Crippen LogP contribution in [0.5, 0.6) is 5.75 Å². The van der Waals surface area contributed by atoms with Crippen molar-refractivity contribution in [2.75, 3.05) is 42.6 Å². The molecule has 1 fully saturated rings. The SMILES string of the molecule is C/C=C\c1onc(N2CCN(C(=O)N3c4ccc(F)cc4OCC3C)CC2)c1C. The van der Waals surface area contributed by atoms with Gasteiger partial charge in [-0.25, -0.2) is 9.18 Å². The Bertz CT molecular complexity index is 934. The number of halogens is 1. The lowest BCUT2D eigenvalue weighted by Gasteiger charge is -2.41. The molecule has 1 saturated heterocycles. The summed E-state index contributed by atoms with van der Waals surface area (Å²) < 4.78 is 24.6. The highest BCUT2D eigenvalue weighted by molar-refractivity contribution is 5.95. The monoisotopic (exact) mass is 400 g/mol. The number of hydrogen-bond acceptors (Lipinski definition) is 5. The number of carbonyl (C=O) groups is 1. The molecule has 4 rings (SSSR count). The smallest absolute Gasteiger partial charge is 0.325 e. The van der Waals surface area contributed by atoms with Gasteiger partial charge in [0.05, 0.1) is 11.7 Å². The third kappa shape index (κ3) is 3.54. The van der Waals surface area contributed by atoms with Crippen molar-refractivity contribution in [1.82, 2.24) is 10.1 Å². The largest absolute Gasteiger partial charge is 0.489 e. The van der Waals surface area contributed by atoms with E-state index in [1.54, 1.807) is 11.0 Å². The maximum Gasteiger partial charge on any atom is 0.325 e. The molecule has 1 atom stereocenters. The molecule has 8 heteroatoms. The first-order chi connectivity index (χ1) is 14.0. The van der Waals surface area contributed by atoms with Crippen molar-refractivity contribution in [2.24, 2.45) is 0 Å². The van der Waals surface area contributed by atoms with E-state index in [2.05, 4.69) is 10.1 Å². The summed E-state index contributed by atoms with van der Waals surface area (Å²) in [7, 11) is 0. The van der Waals surface area contributed by atoms with Crippen molar-refractivity contribution >= 4 is 23.6 Å². The Balaban J connectivity index is 1.47. The Kier molecular flexibility index (Phi) is 5.17. The van der Waals surface area contributed by atoms with Gasteiger partial charge in [0, 0.05) is 37.8 Å². The van der Waals surface area contributed by atoms with Crippen molar-refractivity contribution in [3.8, 4) is 5.75 Å². The maximum atomic E-state index is 13.5. The highest BCUT2D eigenvalue weighted by Crippen LogP contribution is 2.35. The molecule has 0 saturated carbocycles. The number of aromatic nitrogens is 1. The number of piperazine rings is 1. The lowest BCUT2D eigenvalue weighted by atomic mass is 10.1. The van der Waals surface area contributed by atoms with E-state index >= 15 is 0 Å². The van der Waals surface area contributed by atoms with E-state index in [0.717, 1.165) is 17.1 Å². The van der Waals surface area contributed by atoms with Gasteiger partial charge in [0.2, 0.25) is 0 Å². The van der Waals surface area contributed by atoms with Crippen LogP contribution in [0, 0.1) is 12.7 Å². The fourth-order valence-corrected chi connectivity index (χ4v) is 3.82. The summed E-state index contributed by atoms with van der Waals surface area (Å²) in [5.41, 5.74) is 1.61. The fourth-order valence-electron chi connectivity index (χ4n) is 3.82. The number of urea groups is 1. The number of ether oxygens (including phenoxy) is 1. The van der Waals surface area contributed by atoms with E-state index in [-0.39, 0.29) is 17.9 Å². The van der Waals surface area contributed by atoms with Crippen LogP contribution in [0.25, 0.3) is 6.08 Å². The highest BCUT2D eigenvalue weighted by atomic mass is 19.1. The van der Waals surface area contributed by atoms with Crippen molar-refractivity contribution < 1.29 is 18.4 Å². The second-order valence-electron chi connectivity index (χ2n) is 7.39. The summed E-state index contributed by atoms with van der Waals surface area (Å²) in [4.78, 5) is 18.9. The second kappa shape index (κ2) is 7.77. The molecular weight excluding hydrogens is 375 g/mol. The zero-order chi connectivity index (χ0) is 20.5. The van der Waals surface area contributed by atoms with Gasteiger partial charge < -0.3 is 19.1 Å². The summed E-state index contributed by atoms with van der Waals surface area (Å²) in [6, 6.07) is 4.08. The zero-order valence-electron chi connectivity index (χ0n) is 16.9. The predicted octanol–water partition coefficient (Wildman–Crippen LogP) is 3.68. The first kappa shape index (κ1) is 19.3. The van der Waals surface area contributed by atoms with Gasteiger partial charge in [0.25, 0.3) is 0 Å². The molecule has 29 heavy (non-hydrogen) atoms. The Labute approximate surface area is 169 Å². The number of carbonyl (C=O) groups excluding carboxylic acids is 1. The minimum atomic E-state index is -0.375. The average molecular weight is 400 g/mol. The summed E-state index contributed by atoms with van der Waals surface area (Å²) >= 11 is 0. The quantitative estimate of drug-likeness (QED) is 0.770. The molecule has 0 N–H and O–H groups in total. The molecule has 7 nitrogen and oxygen atoms in total. The lowest BCUT2D eigenvalue weighted by molar-refractivity contribution is 0.190. The van der Waals surface area contributed by atoms with Crippen molar-refractivity contribution in [3.05, 3.63) is 41.4 Å². The molecule has 0 bridgehead atoms. The summed E-state index contributed by atoms with van der Waals surface area (Å²) in [6.07, 6.45) is 3.81. The van der Waals surface area contributed by atoms with Crippen LogP contribution < -0.4 is 14.5 Å². The van der Waals surface area contributed by atoms with Crippen LogP contribution in [-0.4, -0.2) is 54.9 Å². The fraction of sp³-hybridized carbons (Fsp3) is 0.429. The van der Waals surface area contributed by atoms with Gasteiger partial charge in [-0.1, -0.05) is 11.2 Å². The first-order valence-electron chi connectivity index (χ1n) is 9.84. The summed E-state index contributed by atoms with van der Waals surface area (Å²) in [5.74, 6) is 1.61. The summed E-state index contributed by atoms with van der Waals surface area (Å²) in [5, 5.41) is 4.20. The van der Waals surface area contributed by atoms with Crippen LogP contribution in [0.2, 0.25) is 0 Å². The second-order valence-corrected chi connectivity index (χ2v) is 7.39. The van der Waals surface area contributed by atoms with E-state index in [1.165, 1.54) is 12.1 Å². The number of rotatable bonds is 2. The molecule has 1 aromatic carbocycles. The predicted molar refractivity (Wildman–Crippen MR) is 109 cm³/mol. The normalized spacial score (nSPS) is 19.4. The Morgan fingerprint density at radius 3 is 2.76 bits per heavy atom. The number of allylic oxidation sites excluding steroid dienone is 1. The van der Waals surface area contributed by atoms with Crippen LogP contribution in [-0.2, 0) is 0 Å². The van der Waals surface area contributed by atoms with Gasteiger partial charge in [-0.15, -0.1) is 0 Å². The van der Waals surface area contributed by atoms with Crippen LogP contribution in [0.15, 0.2) is 28.8 Å². The molecule has 2 aliphatic rings. The molecule has 3 heterocycles. The first-order valence-corrected chi connectivity index (χ1v) is 9.84. The Hall–Kier alpha value is -3.03. The highest BCUT2D eigenvalue weighted by Gasteiger charge is 2.34. The van der Waals surface area contributed by atoms with Gasteiger partial charge in [-0.3, -0.25) is 4.90 Å². The zero-order valence-corrected chi connectivity index (χ0v) is 16.9. The lowest BCUT2D eigenvalue weighted by Crippen LogP contribution is -2.56. The molecule has 1 aromatic heterocycles. The van der Waals surface area contributed by atoms with Crippen LogP contribution >= 0.6 is 0 Å². The van der Waals surface area contributed by atoms with Gasteiger partial charge in [0.1, 0.15) is 18.2 Å². The number of hydrogen-bond donors (Lipinski definition) is 0. The average Bonchev–Trinajstić information content (AvgIpc) is 3.08. The summed E-state index contributed by atoms with van der Waals surface area (Å²) in [6.45, 7) is 8.69. The third-order valence-electron chi connectivity index (χ3n) is 5.41. The minimum Gasteiger partial charge on any atom is -0.489 e. The van der Waals surface area contributed by atoms with Crippen LogP contribution in [0.1, 0.15) is 25.2 Å². The maximum absolute atomic E-state index is 13.5. The Morgan fingerprint density at radius 2 is 2.03 bits per heavy atom. The topological polar surface area (TPSA) is 62.1 Å². The van der Waals surface area contributed by atoms with Gasteiger partial charge >= 0.3 is 6.03 Å². The number of anilines is 2. The molecule has 0 spiro atoms. The third-order valence-corrected chi connectivity index (χ3v) is 5.41. The molecule has 0 radical (unpaired) electrons. The standard InChI is InChI=1S/C21H25FN4O3/c1-4-5-18-15(3)20(23-29-18)24-8-10-25(11-9-24)21(27)26-14(2)13-28-19-12-16(22)6-7-17(19)26/h4-7,12,14H,8-11,13H2,1-3H3/b5-4-. The minimum absolute atomic E-state index is 0.0835. The van der Waals surface area contributed by atoms with Crippen molar-refractivity contribution in [3.63, 3.8) is 0 Å². The van der Waals surface area contributed by atoms with E-state index in [1.807, 2.05) is 37.8 Å². The van der Waals surface area contributed by atoms with E-state index in [9.17, 15) is 9.18 Å². The molecular formula is C21H25FN4O3. The van der Waals surface area contributed by atoms with Crippen LogP contribution in [0.4, 0.5) is 20.7 Å². The van der Waals surface area contributed by atoms with E-state index < -0.39 is 0 Å². The van der Waals surface area contributed by atoms with Crippen molar-refractivity contribution in [1.29, 1.82) is 0 Å².